The largest absolute Gasteiger partial charge is 0.392 e. The second kappa shape index (κ2) is 6.51. The highest BCUT2D eigenvalue weighted by molar-refractivity contribution is 6.15. The Kier molecular flexibility index (Phi) is 4.73. The number of imidazole rings is 1. The zero-order valence-corrected chi connectivity index (χ0v) is 11.1. The van der Waals surface area contributed by atoms with Gasteiger partial charge in [0.05, 0.1) is 24.2 Å². The number of carbonyl (C=O) groups is 1. The Morgan fingerprint density at radius 3 is 2.89 bits per heavy atom. The van der Waals surface area contributed by atoms with E-state index in [2.05, 4.69) is 9.27 Å². The van der Waals surface area contributed by atoms with Crippen molar-refractivity contribution in [1.82, 2.24) is 9.55 Å². The summed E-state index contributed by atoms with van der Waals surface area (Å²) in [6.45, 7) is 1.06. The topological polar surface area (TPSA) is 62.6 Å². The third kappa shape index (κ3) is 3.04. The Bertz CT molecular complexity index is 570. The van der Waals surface area contributed by atoms with Gasteiger partial charge < -0.3 is 13.8 Å². The van der Waals surface area contributed by atoms with Gasteiger partial charge >= 0.3 is 5.97 Å². The van der Waals surface area contributed by atoms with Crippen LogP contribution < -0.4 is 0 Å². The summed E-state index contributed by atoms with van der Waals surface area (Å²) in [4.78, 5) is 15.8. The molecule has 1 aromatic carbocycles. The lowest BCUT2D eigenvalue weighted by Gasteiger charge is -2.08. The van der Waals surface area contributed by atoms with E-state index in [-0.39, 0.29) is 12.6 Å². The lowest BCUT2D eigenvalue weighted by Crippen LogP contribution is -2.14. The molecule has 0 saturated heterocycles. The Morgan fingerprint density at radius 2 is 2.16 bits per heavy atom. The van der Waals surface area contributed by atoms with E-state index in [0.29, 0.717) is 18.7 Å². The Labute approximate surface area is 115 Å². The van der Waals surface area contributed by atoms with Crippen LogP contribution in [-0.2, 0) is 20.5 Å². The molecular weight excluding hydrogens is 272 g/mol. The molecule has 7 heteroatoms. The number of halogens is 1. The SMILES string of the molecule is COCCOCn1c(C(=O)OCl)nc2ccccc21. The number of ether oxygens (including phenoxy) is 2. The van der Waals surface area contributed by atoms with Crippen molar-refractivity contribution in [2.24, 2.45) is 0 Å². The first-order chi connectivity index (χ1) is 9.27. The van der Waals surface area contributed by atoms with Crippen molar-refractivity contribution in [3.05, 3.63) is 30.1 Å². The van der Waals surface area contributed by atoms with Gasteiger partial charge in [0.15, 0.2) is 0 Å². The van der Waals surface area contributed by atoms with Crippen molar-refractivity contribution in [2.75, 3.05) is 20.3 Å². The molecule has 0 aliphatic rings. The number of fused-ring (bicyclic) bond motifs is 1. The fourth-order valence-electron chi connectivity index (χ4n) is 1.69. The summed E-state index contributed by atoms with van der Waals surface area (Å²) in [7, 11) is 1.59. The first kappa shape index (κ1) is 13.8. The molecule has 0 fully saturated rings. The Hall–Kier alpha value is -1.63. The van der Waals surface area contributed by atoms with Gasteiger partial charge in [0.25, 0.3) is 0 Å². The van der Waals surface area contributed by atoms with Crippen LogP contribution in [0.4, 0.5) is 0 Å². The molecule has 0 radical (unpaired) electrons. The molecule has 1 heterocycles. The summed E-state index contributed by atoms with van der Waals surface area (Å²) in [6, 6.07) is 7.33. The molecule has 0 bridgehead atoms. The van der Waals surface area contributed by atoms with Crippen molar-refractivity contribution < 1.29 is 18.6 Å². The van der Waals surface area contributed by atoms with E-state index in [9.17, 15) is 4.79 Å². The Balaban J connectivity index is 2.29. The minimum Gasteiger partial charge on any atom is -0.382 e. The average molecular weight is 285 g/mol. The molecule has 0 amide bonds. The number of hydrogen-bond donors (Lipinski definition) is 0. The van der Waals surface area contributed by atoms with Crippen molar-refractivity contribution >= 4 is 28.9 Å². The van der Waals surface area contributed by atoms with Gasteiger partial charge in [-0.05, 0) is 12.1 Å². The molecule has 2 rings (SSSR count). The molecule has 0 unspecified atom stereocenters. The maximum atomic E-state index is 11.6. The zero-order valence-electron chi connectivity index (χ0n) is 10.3. The van der Waals surface area contributed by atoms with Crippen molar-refractivity contribution in [3.63, 3.8) is 0 Å². The number of carbonyl (C=O) groups excluding carboxylic acids is 1. The maximum absolute atomic E-state index is 11.6. The third-order valence-corrected chi connectivity index (χ3v) is 2.70. The van der Waals surface area contributed by atoms with Crippen LogP contribution in [0.5, 0.6) is 0 Å². The number of aromatic nitrogens is 2. The predicted octanol–water partition coefficient (Wildman–Crippen LogP) is 1.97. The standard InChI is InChI=1S/C12H13ClN2O4/c1-17-6-7-18-8-15-10-5-3-2-4-9(10)14-11(15)12(16)19-13/h2-5H,6-8H2,1H3. The van der Waals surface area contributed by atoms with Crippen LogP contribution >= 0.6 is 11.9 Å². The average Bonchev–Trinajstić information content (AvgIpc) is 2.81. The van der Waals surface area contributed by atoms with E-state index >= 15 is 0 Å². The highest BCUT2D eigenvalue weighted by Gasteiger charge is 2.18. The number of rotatable bonds is 6. The van der Waals surface area contributed by atoms with Crippen LogP contribution in [0.25, 0.3) is 11.0 Å². The summed E-state index contributed by atoms with van der Waals surface area (Å²) >= 11 is 5.11. The van der Waals surface area contributed by atoms with Gasteiger partial charge in [-0.25, -0.2) is 9.78 Å². The number of methoxy groups -OCH3 is 1. The van der Waals surface area contributed by atoms with Gasteiger partial charge in [0, 0.05) is 7.11 Å². The van der Waals surface area contributed by atoms with E-state index in [1.165, 1.54) is 0 Å². The summed E-state index contributed by atoms with van der Waals surface area (Å²) in [5.74, 6) is -0.609. The highest BCUT2D eigenvalue weighted by Crippen LogP contribution is 2.17. The number of hydrogen-bond acceptors (Lipinski definition) is 5. The van der Waals surface area contributed by atoms with Gasteiger partial charge in [-0.2, -0.15) is 0 Å². The van der Waals surface area contributed by atoms with Gasteiger partial charge in [-0.3, -0.25) is 4.57 Å². The van der Waals surface area contributed by atoms with Crippen LogP contribution in [0.3, 0.4) is 0 Å². The quantitative estimate of drug-likeness (QED) is 0.759. The zero-order chi connectivity index (χ0) is 13.7. The first-order valence-corrected chi connectivity index (χ1v) is 5.93. The fraction of sp³-hybridized carbons (Fsp3) is 0.333. The van der Waals surface area contributed by atoms with E-state index in [4.69, 9.17) is 21.3 Å². The molecule has 102 valence electrons. The number of benzene rings is 1. The van der Waals surface area contributed by atoms with Crippen LogP contribution in [0.2, 0.25) is 0 Å². The molecule has 0 aliphatic carbocycles. The summed E-state index contributed by atoms with van der Waals surface area (Å²) in [5.41, 5.74) is 1.45. The van der Waals surface area contributed by atoms with Crippen LogP contribution in [0, 0.1) is 0 Å². The molecule has 19 heavy (non-hydrogen) atoms. The minimum absolute atomic E-state index is 0.105. The third-order valence-electron chi connectivity index (χ3n) is 2.56. The first-order valence-electron chi connectivity index (χ1n) is 5.62. The van der Waals surface area contributed by atoms with E-state index in [1.807, 2.05) is 18.2 Å². The molecule has 0 spiro atoms. The molecule has 2 aromatic rings. The lowest BCUT2D eigenvalue weighted by atomic mass is 10.3. The van der Waals surface area contributed by atoms with Crippen LogP contribution in [0.15, 0.2) is 24.3 Å². The number of para-hydroxylation sites is 2. The summed E-state index contributed by atoms with van der Waals surface area (Å²) < 4.78 is 16.1. The molecule has 0 saturated carbocycles. The van der Waals surface area contributed by atoms with Gasteiger partial charge in [0.2, 0.25) is 5.82 Å². The molecule has 6 nitrogen and oxygen atoms in total. The summed E-state index contributed by atoms with van der Waals surface area (Å²) in [6.07, 6.45) is 0. The molecule has 0 atom stereocenters. The second-order valence-electron chi connectivity index (χ2n) is 3.75. The van der Waals surface area contributed by atoms with Gasteiger partial charge in [-0.15, -0.1) is 0 Å². The van der Waals surface area contributed by atoms with Crippen LogP contribution in [0.1, 0.15) is 10.6 Å². The normalized spacial score (nSPS) is 10.8. The lowest BCUT2D eigenvalue weighted by molar-refractivity contribution is 0.0331. The van der Waals surface area contributed by atoms with Crippen LogP contribution in [-0.4, -0.2) is 35.8 Å². The van der Waals surface area contributed by atoms with Crippen molar-refractivity contribution in [2.45, 2.75) is 6.73 Å². The second-order valence-corrected chi connectivity index (χ2v) is 3.90. The van der Waals surface area contributed by atoms with Gasteiger partial charge in [0.1, 0.15) is 18.6 Å². The van der Waals surface area contributed by atoms with Crippen molar-refractivity contribution in [3.8, 4) is 0 Å². The van der Waals surface area contributed by atoms with Gasteiger partial charge in [-0.1, -0.05) is 12.1 Å². The van der Waals surface area contributed by atoms with Crippen molar-refractivity contribution in [1.29, 1.82) is 0 Å². The smallest absolute Gasteiger partial charge is 0.382 e. The minimum atomic E-state index is -0.715. The summed E-state index contributed by atoms with van der Waals surface area (Å²) in [5, 5.41) is 0. The molecular formula is C12H13ClN2O4. The predicted molar refractivity (Wildman–Crippen MR) is 68.8 cm³/mol. The molecule has 0 N–H and O–H groups in total. The molecule has 0 aliphatic heterocycles. The fourth-order valence-corrected chi connectivity index (χ4v) is 1.76. The Morgan fingerprint density at radius 1 is 1.37 bits per heavy atom. The van der Waals surface area contributed by atoms with E-state index < -0.39 is 5.97 Å². The maximum Gasteiger partial charge on any atom is 0.392 e. The molecule has 1 aromatic heterocycles. The number of nitrogens with zero attached hydrogens (tertiary/aromatic N) is 2. The van der Waals surface area contributed by atoms with E-state index in [0.717, 1.165) is 5.52 Å². The van der Waals surface area contributed by atoms with E-state index in [1.54, 1.807) is 17.7 Å². The monoisotopic (exact) mass is 284 g/mol. The highest BCUT2D eigenvalue weighted by atomic mass is 35.5.